The van der Waals surface area contributed by atoms with Gasteiger partial charge >= 0.3 is 6.18 Å². The lowest BCUT2D eigenvalue weighted by molar-refractivity contribution is -0.137. The summed E-state index contributed by atoms with van der Waals surface area (Å²) in [5, 5.41) is 11.2. The van der Waals surface area contributed by atoms with E-state index in [1.54, 1.807) is 28.8 Å². The Morgan fingerprint density at radius 2 is 1.94 bits per heavy atom. The summed E-state index contributed by atoms with van der Waals surface area (Å²) in [6.45, 7) is -0.173. The maximum absolute atomic E-state index is 13.0. The molecular weight excluding hydrogens is 479 g/mol. The summed E-state index contributed by atoms with van der Waals surface area (Å²) in [5.41, 5.74) is 9.13. The molecule has 0 saturated heterocycles. The molecule has 3 aromatic heterocycles. The van der Waals surface area contributed by atoms with Gasteiger partial charge in [0.15, 0.2) is 17.3 Å². The summed E-state index contributed by atoms with van der Waals surface area (Å²) in [6, 6.07) is 15.0. The minimum absolute atomic E-state index is 0.0272. The molecule has 0 aliphatic rings. The largest absolute Gasteiger partial charge is 0.455 e. The van der Waals surface area contributed by atoms with Crippen molar-refractivity contribution in [1.82, 2.24) is 25.3 Å². The molecule has 0 aliphatic heterocycles. The van der Waals surface area contributed by atoms with Crippen molar-refractivity contribution in [2.45, 2.75) is 12.7 Å². The molecule has 0 unspecified atom stereocenters. The third-order valence-corrected chi connectivity index (χ3v) is 5.16. The smallest absolute Gasteiger partial charge is 0.416 e. The van der Waals surface area contributed by atoms with Crippen LogP contribution < -0.4 is 11.2 Å². The van der Waals surface area contributed by atoms with Gasteiger partial charge in [-0.1, -0.05) is 24.3 Å². The van der Waals surface area contributed by atoms with Crippen LogP contribution in [0.3, 0.4) is 0 Å². The number of para-hydroxylation sites is 2. The normalized spacial score (nSPS) is 12.0. The standard InChI is InChI=1S/C23H16F3N7O3/c24-23(25,26)14-5-3-4-13(10-14)18-9-8-15(35-18)11-28-30-19(34)12-33-17-7-2-1-6-16(17)29-22(33)20-21(27)32-36-31-20/h1-11H,12H2,(H2,27,32)(H,30,34). The predicted octanol–water partition coefficient (Wildman–Crippen LogP) is 4.10. The Morgan fingerprint density at radius 3 is 2.72 bits per heavy atom. The van der Waals surface area contributed by atoms with Crippen molar-refractivity contribution in [3.05, 3.63) is 72.0 Å². The average molecular weight is 495 g/mol. The minimum atomic E-state index is -4.46. The lowest BCUT2D eigenvalue weighted by Crippen LogP contribution is -2.23. The van der Waals surface area contributed by atoms with Gasteiger partial charge in [-0.3, -0.25) is 4.79 Å². The summed E-state index contributed by atoms with van der Waals surface area (Å²) in [7, 11) is 0. The molecule has 0 aliphatic carbocycles. The van der Waals surface area contributed by atoms with E-state index in [4.69, 9.17) is 10.2 Å². The van der Waals surface area contributed by atoms with Crippen molar-refractivity contribution >= 4 is 29.0 Å². The summed E-state index contributed by atoms with van der Waals surface area (Å²) < 4.78 is 50.7. The van der Waals surface area contributed by atoms with Crippen LogP contribution in [0.2, 0.25) is 0 Å². The van der Waals surface area contributed by atoms with Crippen LogP contribution >= 0.6 is 0 Å². The molecule has 0 bridgehead atoms. The fraction of sp³-hybridized carbons (Fsp3) is 0.0870. The molecule has 0 spiro atoms. The summed E-state index contributed by atoms with van der Waals surface area (Å²) >= 11 is 0. The number of halogens is 3. The SMILES string of the molecule is Nc1nonc1-c1nc2ccccc2n1CC(=O)NN=Cc1ccc(-c2cccc(C(F)(F)F)c2)o1. The van der Waals surface area contributed by atoms with Crippen LogP contribution in [-0.4, -0.2) is 32.0 Å². The number of carbonyl (C=O) groups is 1. The number of anilines is 1. The number of nitrogens with two attached hydrogens (primary N) is 1. The molecule has 3 heterocycles. The topological polar surface area (TPSA) is 137 Å². The van der Waals surface area contributed by atoms with Gasteiger partial charge in [0.05, 0.1) is 22.8 Å². The highest BCUT2D eigenvalue weighted by Gasteiger charge is 2.30. The number of aromatic nitrogens is 4. The van der Waals surface area contributed by atoms with Crippen LogP contribution in [-0.2, 0) is 17.5 Å². The second-order valence-electron chi connectivity index (χ2n) is 7.58. The Balaban J connectivity index is 1.30. The first-order valence-corrected chi connectivity index (χ1v) is 10.4. The first-order valence-electron chi connectivity index (χ1n) is 10.4. The van der Waals surface area contributed by atoms with Gasteiger partial charge in [-0.05, 0) is 46.7 Å². The lowest BCUT2D eigenvalue weighted by atomic mass is 10.1. The first-order chi connectivity index (χ1) is 17.3. The maximum Gasteiger partial charge on any atom is 0.416 e. The zero-order valence-electron chi connectivity index (χ0n) is 18.2. The number of hydrazone groups is 1. The quantitative estimate of drug-likeness (QED) is 0.267. The number of alkyl halides is 3. The van der Waals surface area contributed by atoms with Gasteiger partial charge < -0.3 is 14.7 Å². The third kappa shape index (κ3) is 4.53. The van der Waals surface area contributed by atoms with Crippen LogP contribution in [0.4, 0.5) is 19.0 Å². The number of nitrogen functional groups attached to an aromatic ring is 1. The van der Waals surface area contributed by atoms with Gasteiger partial charge in [-0.2, -0.15) is 18.3 Å². The number of fused-ring (bicyclic) bond motifs is 1. The summed E-state index contributed by atoms with van der Waals surface area (Å²) in [6.07, 6.45) is -3.23. The zero-order chi connectivity index (χ0) is 25.3. The minimum Gasteiger partial charge on any atom is -0.455 e. The Morgan fingerprint density at radius 1 is 1.11 bits per heavy atom. The zero-order valence-corrected chi connectivity index (χ0v) is 18.2. The number of imidazole rings is 1. The van der Waals surface area contributed by atoms with E-state index >= 15 is 0 Å². The molecule has 0 saturated carbocycles. The van der Waals surface area contributed by atoms with Gasteiger partial charge in [0.2, 0.25) is 0 Å². The summed E-state index contributed by atoms with van der Waals surface area (Å²) in [4.78, 5) is 17.1. The van der Waals surface area contributed by atoms with Crippen LogP contribution in [0.5, 0.6) is 0 Å². The number of nitrogens with one attached hydrogen (secondary N) is 1. The van der Waals surface area contributed by atoms with Gasteiger partial charge in [0, 0.05) is 5.56 Å². The van der Waals surface area contributed by atoms with Crippen molar-refractivity contribution in [2.24, 2.45) is 5.10 Å². The van der Waals surface area contributed by atoms with E-state index in [1.165, 1.54) is 30.5 Å². The number of hydrogen-bond acceptors (Lipinski definition) is 8. The van der Waals surface area contributed by atoms with E-state index in [2.05, 4.69) is 30.5 Å². The van der Waals surface area contributed by atoms with Crippen LogP contribution in [0.1, 0.15) is 11.3 Å². The maximum atomic E-state index is 13.0. The van der Waals surface area contributed by atoms with Gasteiger partial charge in [0.25, 0.3) is 5.91 Å². The molecule has 1 amide bonds. The van der Waals surface area contributed by atoms with Crippen LogP contribution in [0, 0.1) is 0 Å². The Hall–Kier alpha value is -4.94. The Labute approximate surface area is 200 Å². The highest BCUT2D eigenvalue weighted by molar-refractivity contribution is 5.86. The average Bonchev–Trinajstić information content (AvgIpc) is 3.58. The number of benzene rings is 2. The van der Waals surface area contributed by atoms with Gasteiger partial charge in [-0.25, -0.2) is 15.0 Å². The van der Waals surface area contributed by atoms with Gasteiger partial charge in [0.1, 0.15) is 18.1 Å². The molecule has 5 rings (SSSR count). The number of nitrogens with zero attached hydrogens (tertiary/aromatic N) is 5. The van der Waals surface area contributed by atoms with Crippen molar-refractivity contribution in [3.63, 3.8) is 0 Å². The molecule has 0 radical (unpaired) electrons. The van der Waals surface area contributed by atoms with E-state index in [-0.39, 0.29) is 35.1 Å². The van der Waals surface area contributed by atoms with Gasteiger partial charge in [-0.15, -0.1) is 0 Å². The van der Waals surface area contributed by atoms with Crippen molar-refractivity contribution in [3.8, 4) is 22.8 Å². The fourth-order valence-electron chi connectivity index (χ4n) is 3.54. The van der Waals surface area contributed by atoms with E-state index in [1.807, 2.05) is 0 Å². The number of rotatable bonds is 6. The van der Waals surface area contributed by atoms with E-state index in [9.17, 15) is 18.0 Å². The molecule has 13 heteroatoms. The number of furan rings is 1. The molecule has 5 aromatic rings. The second-order valence-corrected chi connectivity index (χ2v) is 7.58. The molecule has 2 aromatic carbocycles. The van der Waals surface area contributed by atoms with Crippen LogP contribution in [0.15, 0.2) is 74.8 Å². The number of carbonyl (C=O) groups excluding carboxylic acids is 1. The highest BCUT2D eigenvalue weighted by Crippen LogP contribution is 2.32. The highest BCUT2D eigenvalue weighted by atomic mass is 19.4. The van der Waals surface area contributed by atoms with Crippen molar-refractivity contribution in [1.29, 1.82) is 0 Å². The van der Waals surface area contributed by atoms with E-state index < -0.39 is 17.6 Å². The monoisotopic (exact) mass is 495 g/mol. The van der Waals surface area contributed by atoms with Crippen LogP contribution in [0.25, 0.3) is 33.9 Å². The molecule has 3 N–H and O–H groups in total. The molecule has 10 nitrogen and oxygen atoms in total. The van der Waals surface area contributed by atoms with E-state index in [0.717, 1.165) is 12.1 Å². The first kappa shape index (κ1) is 22.8. The molecular formula is C23H16F3N7O3. The van der Waals surface area contributed by atoms with E-state index in [0.29, 0.717) is 16.9 Å². The van der Waals surface area contributed by atoms with Crippen molar-refractivity contribution < 1.29 is 27.0 Å². The Bertz CT molecular complexity index is 1580. The molecule has 36 heavy (non-hydrogen) atoms. The second kappa shape index (κ2) is 9.02. The fourth-order valence-corrected chi connectivity index (χ4v) is 3.54. The van der Waals surface area contributed by atoms with Crippen molar-refractivity contribution in [2.75, 3.05) is 5.73 Å². The molecule has 0 fully saturated rings. The number of amides is 1. The number of hydrogen-bond donors (Lipinski definition) is 2. The Kier molecular flexibility index (Phi) is 5.72. The predicted molar refractivity (Wildman–Crippen MR) is 122 cm³/mol. The molecule has 0 atom stereocenters. The third-order valence-electron chi connectivity index (χ3n) is 5.16. The lowest BCUT2D eigenvalue weighted by Gasteiger charge is -2.07. The summed E-state index contributed by atoms with van der Waals surface area (Å²) in [5.74, 6) is 0.292. The molecule has 182 valence electrons.